The number of anilines is 2. The first-order valence-electron chi connectivity index (χ1n) is 7.92. The first kappa shape index (κ1) is 15.5. The summed E-state index contributed by atoms with van der Waals surface area (Å²) in [5, 5.41) is 6.02. The molecule has 1 unspecified atom stereocenters. The van der Waals surface area contributed by atoms with Crippen molar-refractivity contribution in [1.29, 1.82) is 0 Å². The quantitative estimate of drug-likeness (QED) is 0.859. The molecule has 0 saturated heterocycles. The number of carbonyl (C=O) groups is 2. The fourth-order valence-corrected chi connectivity index (χ4v) is 2.73. The van der Waals surface area contributed by atoms with E-state index < -0.39 is 0 Å². The number of fused-ring (bicyclic) bond motifs is 2. The Morgan fingerprint density at radius 1 is 1.35 bits per heavy atom. The van der Waals surface area contributed by atoms with Gasteiger partial charge >= 0.3 is 0 Å². The van der Waals surface area contributed by atoms with Crippen LogP contribution in [0.1, 0.15) is 26.7 Å². The average molecular weight is 319 g/mol. The molecule has 0 bridgehead atoms. The molecule has 3 rings (SSSR count). The normalized spacial score (nSPS) is 18.4. The summed E-state index contributed by atoms with van der Waals surface area (Å²) in [4.78, 5) is 26.2. The van der Waals surface area contributed by atoms with Crippen LogP contribution in [0.25, 0.3) is 0 Å². The second-order valence-electron chi connectivity index (χ2n) is 5.60. The summed E-state index contributed by atoms with van der Waals surface area (Å²) < 4.78 is 10.8. The molecule has 2 aliphatic rings. The van der Waals surface area contributed by atoms with Crippen molar-refractivity contribution >= 4 is 23.2 Å². The fourth-order valence-electron chi connectivity index (χ4n) is 2.73. The molecule has 0 aromatic heterocycles. The number of rotatable bonds is 5. The summed E-state index contributed by atoms with van der Waals surface area (Å²) in [5.41, 5.74) is 1.43. The van der Waals surface area contributed by atoms with Gasteiger partial charge in [-0.25, -0.2) is 0 Å². The Labute approximate surface area is 134 Å². The van der Waals surface area contributed by atoms with Crippen molar-refractivity contribution in [2.24, 2.45) is 0 Å². The Hall–Kier alpha value is -2.44. The molecule has 2 amide bonds. The number of nitrogens with one attached hydrogen (secondary N) is 2. The Morgan fingerprint density at radius 2 is 2.09 bits per heavy atom. The second-order valence-corrected chi connectivity index (χ2v) is 5.60. The van der Waals surface area contributed by atoms with Crippen LogP contribution in [0.4, 0.5) is 11.4 Å². The molecule has 0 saturated carbocycles. The molecule has 124 valence electrons. The second kappa shape index (κ2) is 6.36. The van der Waals surface area contributed by atoms with Crippen molar-refractivity contribution in [3.63, 3.8) is 0 Å². The smallest absolute Gasteiger partial charge is 0.250 e. The van der Waals surface area contributed by atoms with E-state index in [0.717, 1.165) is 12.1 Å². The maximum absolute atomic E-state index is 12.6. The molecular formula is C16H21N3O4. The van der Waals surface area contributed by atoms with E-state index in [1.54, 1.807) is 6.07 Å². The highest BCUT2D eigenvalue weighted by Gasteiger charge is 2.34. The van der Waals surface area contributed by atoms with Crippen LogP contribution < -0.4 is 25.0 Å². The zero-order chi connectivity index (χ0) is 16.4. The third-order valence-electron chi connectivity index (χ3n) is 3.96. The predicted octanol–water partition coefficient (Wildman–Crippen LogP) is 1.48. The van der Waals surface area contributed by atoms with Gasteiger partial charge in [-0.05, 0) is 12.8 Å². The standard InChI is InChI=1S/C16H21N3O4/c1-3-5-17-15(20)8-19-12-7-14-13(22-9-23-14)6-11(12)18-10(4-2)16(19)21/h6-7,10,18H,3-5,8-9H2,1-2H3,(H,17,20). The van der Waals surface area contributed by atoms with Crippen molar-refractivity contribution in [1.82, 2.24) is 5.32 Å². The van der Waals surface area contributed by atoms with Crippen molar-refractivity contribution in [3.8, 4) is 11.5 Å². The first-order valence-corrected chi connectivity index (χ1v) is 7.92. The molecule has 2 heterocycles. The van der Waals surface area contributed by atoms with E-state index in [9.17, 15) is 9.59 Å². The summed E-state index contributed by atoms with van der Waals surface area (Å²) in [6.45, 7) is 4.69. The molecule has 0 fully saturated rings. The van der Waals surface area contributed by atoms with Gasteiger partial charge in [0.05, 0.1) is 11.4 Å². The largest absolute Gasteiger partial charge is 0.454 e. The topological polar surface area (TPSA) is 79.9 Å². The predicted molar refractivity (Wildman–Crippen MR) is 85.9 cm³/mol. The van der Waals surface area contributed by atoms with Gasteiger partial charge in [0.25, 0.3) is 0 Å². The number of carbonyl (C=O) groups excluding carboxylic acids is 2. The van der Waals surface area contributed by atoms with Gasteiger partial charge in [-0.1, -0.05) is 13.8 Å². The van der Waals surface area contributed by atoms with Crippen LogP contribution in [0, 0.1) is 0 Å². The minimum absolute atomic E-state index is 0.00363. The van der Waals surface area contributed by atoms with Gasteiger partial charge in [-0.2, -0.15) is 0 Å². The Kier molecular flexibility index (Phi) is 4.27. The average Bonchev–Trinajstić information content (AvgIpc) is 3.00. The number of hydrogen-bond acceptors (Lipinski definition) is 5. The number of ether oxygens (including phenoxy) is 2. The molecule has 7 nitrogen and oxygen atoms in total. The van der Waals surface area contributed by atoms with Gasteiger partial charge < -0.3 is 20.1 Å². The number of hydrogen-bond donors (Lipinski definition) is 2. The molecular weight excluding hydrogens is 298 g/mol. The molecule has 23 heavy (non-hydrogen) atoms. The van der Waals surface area contributed by atoms with Crippen LogP contribution in [0.5, 0.6) is 11.5 Å². The molecule has 7 heteroatoms. The van der Waals surface area contributed by atoms with Crippen LogP contribution in [-0.4, -0.2) is 37.7 Å². The van der Waals surface area contributed by atoms with Gasteiger partial charge in [0.2, 0.25) is 18.6 Å². The van der Waals surface area contributed by atoms with Crippen molar-refractivity contribution in [2.75, 3.05) is 30.1 Å². The minimum atomic E-state index is -0.346. The monoisotopic (exact) mass is 319 g/mol. The summed E-state index contributed by atoms with van der Waals surface area (Å²) in [5.74, 6) is 0.967. The van der Waals surface area contributed by atoms with E-state index in [4.69, 9.17) is 9.47 Å². The maximum Gasteiger partial charge on any atom is 0.250 e. The van der Waals surface area contributed by atoms with Crippen LogP contribution in [0.3, 0.4) is 0 Å². The van der Waals surface area contributed by atoms with Crippen LogP contribution in [-0.2, 0) is 9.59 Å². The maximum atomic E-state index is 12.6. The van der Waals surface area contributed by atoms with Gasteiger partial charge in [-0.15, -0.1) is 0 Å². The molecule has 2 aliphatic heterocycles. The lowest BCUT2D eigenvalue weighted by atomic mass is 10.1. The number of benzene rings is 1. The van der Waals surface area contributed by atoms with Gasteiger partial charge in [0, 0.05) is 18.7 Å². The SMILES string of the molecule is CCCNC(=O)CN1C(=O)C(CC)Nc2cc3c(cc21)OCO3. The zero-order valence-corrected chi connectivity index (χ0v) is 13.3. The molecule has 0 spiro atoms. The zero-order valence-electron chi connectivity index (χ0n) is 13.3. The Balaban J connectivity index is 1.91. The van der Waals surface area contributed by atoms with Crippen molar-refractivity contribution in [3.05, 3.63) is 12.1 Å². The Morgan fingerprint density at radius 3 is 2.78 bits per heavy atom. The fraction of sp³-hybridized carbons (Fsp3) is 0.500. The highest BCUT2D eigenvalue weighted by atomic mass is 16.7. The van der Waals surface area contributed by atoms with Crippen molar-refractivity contribution in [2.45, 2.75) is 32.7 Å². The van der Waals surface area contributed by atoms with Gasteiger partial charge in [0.15, 0.2) is 11.5 Å². The van der Waals surface area contributed by atoms with Crippen LogP contribution in [0.2, 0.25) is 0 Å². The van der Waals surface area contributed by atoms with Crippen LogP contribution in [0.15, 0.2) is 12.1 Å². The van der Waals surface area contributed by atoms with E-state index in [2.05, 4.69) is 10.6 Å². The molecule has 2 N–H and O–H groups in total. The highest BCUT2D eigenvalue weighted by Crippen LogP contribution is 2.43. The van der Waals surface area contributed by atoms with Crippen molar-refractivity contribution < 1.29 is 19.1 Å². The molecule has 0 radical (unpaired) electrons. The Bertz CT molecular complexity index is 632. The lowest BCUT2D eigenvalue weighted by Crippen LogP contribution is -2.50. The number of nitrogens with zero attached hydrogens (tertiary/aromatic N) is 1. The van der Waals surface area contributed by atoms with E-state index in [0.29, 0.717) is 30.2 Å². The first-order chi connectivity index (χ1) is 11.1. The van der Waals surface area contributed by atoms with E-state index in [1.807, 2.05) is 19.9 Å². The summed E-state index contributed by atoms with van der Waals surface area (Å²) in [6.07, 6.45) is 1.49. The molecule has 1 atom stereocenters. The molecule has 1 aromatic carbocycles. The molecule has 1 aromatic rings. The van der Waals surface area contributed by atoms with Gasteiger partial charge in [0.1, 0.15) is 12.6 Å². The van der Waals surface area contributed by atoms with E-state index in [1.165, 1.54) is 4.90 Å². The minimum Gasteiger partial charge on any atom is -0.454 e. The summed E-state index contributed by atoms with van der Waals surface area (Å²) in [7, 11) is 0. The summed E-state index contributed by atoms with van der Waals surface area (Å²) >= 11 is 0. The summed E-state index contributed by atoms with van der Waals surface area (Å²) in [6, 6.07) is 3.23. The lowest BCUT2D eigenvalue weighted by Gasteiger charge is -2.34. The highest BCUT2D eigenvalue weighted by molar-refractivity contribution is 6.08. The van der Waals surface area contributed by atoms with E-state index in [-0.39, 0.29) is 31.2 Å². The van der Waals surface area contributed by atoms with Crippen LogP contribution >= 0.6 is 0 Å². The third-order valence-corrected chi connectivity index (χ3v) is 3.96. The third kappa shape index (κ3) is 2.91. The lowest BCUT2D eigenvalue weighted by molar-refractivity contribution is -0.124. The number of amides is 2. The molecule has 0 aliphatic carbocycles. The van der Waals surface area contributed by atoms with E-state index >= 15 is 0 Å². The van der Waals surface area contributed by atoms with Gasteiger partial charge in [-0.3, -0.25) is 14.5 Å².